The second kappa shape index (κ2) is 7.02. The number of hydrogen-bond acceptors (Lipinski definition) is 4. The summed E-state index contributed by atoms with van der Waals surface area (Å²) in [5.74, 6) is -1.34. The Balaban J connectivity index is 2.76. The van der Waals surface area contributed by atoms with E-state index in [1.165, 1.54) is 11.3 Å². The number of thiazole rings is 1. The lowest BCUT2D eigenvalue weighted by atomic mass is 9.88. The van der Waals surface area contributed by atoms with E-state index in [0.717, 1.165) is 17.8 Å². The van der Waals surface area contributed by atoms with Crippen LogP contribution in [0.2, 0.25) is 0 Å². The maximum absolute atomic E-state index is 12.2. The molecule has 0 aromatic carbocycles. The highest BCUT2D eigenvalue weighted by molar-refractivity contribution is 7.13. The summed E-state index contributed by atoms with van der Waals surface area (Å²) in [6.45, 7) is 9.90. The molecule has 0 saturated heterocycles. The molecule has 6 heteroatoms. The van der Waals surface area contributed by atoms with E-state index in [4.69, 9.17) is 0 Å². The van der Waals surface area contributed by atoms with Gasteiger partial charge in [-0.05, 0) is 31.6 Å². The third-order valence-corrected chi connectivity index (χ3v) is 4.44. The Hall–Kier alpha value is -1.43. The molecule has 21 heavy (non-hydrogen) atoms. The number of carboxylic acid groups (broad SMARTS) is 1. The van der Waals surface area contributed by atoms with E-state index in [1.54, 1.807) is 6.92 Å². The monoisotopic (exact) mass is 312 g/mol. The number of nitrogens with one attached hydrogen (secondary N) is 1. The first-order valence-corrected chi connectivity index (χ1v) is 7.95. The van der Waals surface area contributed by atoms with Crippen molar-refractivity contribution in [1.82, 2.24) is 10.3 Å². The van der Waals surface area contributed by atoms with Gasteiger partial charge in [0.2, 0.25) is 0 Å². The van der Waals surface area contributed by atoms with Crippen LogP contribution in [0, 0.1) is 12.3 Å². The van der Waals surface area contributed by atoms with Gasteiger partial charge in [0.15, 0.2) is 0 Å². The number of amides is 1. The molecule has 0 radical (unpaired) electrons. The lowest BCUT2D eigenvalue weighted by molar-refractivity contribution is -0.139. The molecule has 0 aliphatic heterocycles. The van der Waals surface area contributed by atoms with Crippen LogP contribution in [0.15, 0.2) is 0 Å². The number of carbonyl (C=O) groups is 2. The molecule has 5 nitrogen and oxygen atoms in total. The second-order valence-corrected chi connectivity index (χ2v) is 7.42. The maximum atomic E-state index is 12.2. The molecule has 0 bridgehead atoms. The van der Waals surface area contributed by atoms with Crippen molar-refractivity contribution in [2.75, 3.05) is 0 Å². The van der Waals surface area contributed by atoms with Crippen LogP contribution in [0.3, 0.4) is 0 Å². The van der Waals surface area contributed by atoms with E-state index in [2.05, 4.69) is 31.1 Å². The van der Waals surface area contributed by atoms with Crippen molar-refractivity contribution in [1.29, 1.82) is 0 Å². The fraction of sp³-hybridized carbons (Fsp3) is 0.667. The summed E-state index contributed by atoms with van der Waals surface area (Å²) < 4.78 is 0. The Labute approximate surface area is 129 Å². The standard InChI is InChI=1S/C15H24N2O3S/c1-6-11-16-9(2)12(21-11)13(18)17-10(14(19)20)7-8-15(3,4)5/h10H,6-8H2,1-5H3,(H,17,18)(H,19,20). The Bertz CT molecular complexity index is 517. The van der Waals surface area contributed by atoms with Crippen molar-refractivity contribution in [3.05, 3.63) is 15.6 Å². The van der Waals surface area contributed by atoms with Crippen molar-refractivity contribution in [3.8, 4) is 0 Å². The molecule has 1 rings (SSSR count). The van der Waals surface area contributed by atoms with Crippen molar-refractivity contribution < 1.29 is 14.7 Å². The lowest BCUT2D eigenvalue weighted by Gasteiger charge is -2.21. The molecule has 0 saturated carbocycles. The molecular weight excluding hydrogens is 288 g/mol. The van der Waals surface area contributed by atoms with E-state index < -0.39 is 12.0 Å². The van der Waals surface area contributed by atoms with Crippen LogP contribution in [0.5, 0.6) is 0 Å². The van der Waals surface area contributed by atoms with Crippen LogP contribution in [0.1, 0.15) is 60.9 Å². The van der Waals surface area contributed by atoms with Crippen LogP contribution >= 0.6 is 11.3 Å². The lowest BCUT2D eigenvalue weighted by Crippen LogP contribution is -2.41. The largest absolute Gasteiger partial charge is 0.480 e. The SMILES string of the molecule is CCc1nc(C)c(C(=O)NC(CCC(C)(C)C)C(=O)O)s1. The first-order valence-electron chi connectivity index (χ1n) is 7.14. The van der Waals surface area contributed by atoms with Crippen LogP contribution in [-0.4, -0.2) is 28.0 Å². The summed E-state index contributed by atoms with van der Waals surface area (Å²) in [5.41, 5.74) is 0.697. The summed E-state index contributed by atoms with van der Waals surface area (Å²) >= 11 is 1.33. The second-order valence-electron chi connectivity index (χ2n) is 6.34. The molecule has 0 aliphatic carbocycles. The van der Waals surface area contributed by atoms with Crippen LogP contribution < -0.4 is 5.32 Å². The molecule has 1 atom stereocenters. The third-order valence-electron chi connectivity index (χ3n) is 3.14. The van der Waals surface area contributed by atoms with E-state index >= 15 is 0 Å². The Morgan fingerprint density at radius 3 is 2.43 bits per heavy atom. The van der Waals surface area contributed by atoms with Crippen molar-refractivity contribution in [2.24, 2.45) is 5.41 Å². The summed E-state index contributed by atoms with van der Waals surface area (Å²) in [6, 6.07) is -0.858. The van der Waals surface area contributed by atoms with Crippen LogP contribution in [-0.2, 0) is 11.2 Å². The predicted octanol–water partition coefficient (Wildman–Crippen LogP) is 3.02. The number of aromatic nitrogens is 1. The number of rotatable bonds is 6. The minimum Gasteiger partial charge on any atom is -0.480 e. The zero-order chi connectivity index (χ0) is 16.2. The molecule has 1 heterocycles. The highest BCUT2D eigenvalue weighted by Crippen LogP contribution is 2.22. The molecular formula is C15H24N2O3S. The maximum Gasteiger partial charge on any atom is 0.326 e. The minimum atomic E-state index is -0.995. The number of carbonyl (C=O) groups excluding carboxylic acids is 1. The molecule has 0 aliphatic rings. The van der Waals surface area contributed by atoms with Crippen molar-refractivity contribution >= 4 is 23.2 Å². The van der Waals surface area contributed by atoms with Crippen molar-refractivity contribution in [2.45, 2.75) is 59.9 Å². The molecule has 118 valence electrons. The topological polar surface area (TPSA) is 79.3 Å². The van der Waals surface area contributed by atoms with Gasteiger partial charge in [0.1, 0.15) is 10.9 Å². The van der Waals surface area contributed by atoms with Gasteiger partial charge in [-0.15, -0.1) is 11.3 Å². The average Bonchev–Trinajstić information content (AvgIpc) is 2.74. The quantitative estimate of drug-likeness (QED) is 0.846. The minimum absolute atomic E-state index is 0.0359. The van der Waals surface area contributed by atoms with Gasteiger partial charge in [0, 0.05) is 0 Å². The molecule has 2 N–H and O–H groups in total. The highest BCUT2D eigenvalue weighted by atomic mass is 32.1. The Kier molecular flexibility index (Phi) is 5.89. The van der Waals surface area contributed by atoms with E-state index in [1.807, 2.05) is 6.92 Å². The van der Waals surface area contributed by atoms with Crippen molar-refractivity contribution in [3.63, 3.8) is 0 Å². The zero-order valence-corrected chi connectivity index (χ0v) is 14.1. The fourth-order valence-electron chi connectivity index (χ4n) is 1.87. The molecule has 1 amide bonds. The average molecular weight is 312 g/mol. The first-order chi connectivity index (χ1) is 9.64. The normalized spacial score (nSPS) is 13.0. The van der Waals surface area contributed by atoms with Gasteiger partial charge in [0.05, 0.1) is 10.7 Å². The smallest absolute Gasteiger partial charge is 0.326 e. The van der Waals surface area contributed by atoms with Gasteiger partial charge in [-0.2, -0.15) is 0 Å². The molecule has 1 unspecified atom stereocenters. The molecule has 1 aromatic heterocycles. The highest BCUT2D eigenvalue weighted by Gasteiger charge is 2.25. The summed E-state index contributed by atoms with van der Waals surface area (Å²) in [7, 11) is 0. The van der Waals surface area contributed by atoms with Gasteiger partial charge < -0.3 is 10.4 Å². The molecule has 0 fully saturated rings. The number of nitrogens with zero attached hydrogens (tertiary/aromatic N) is 1. The zero-order valence-electron chi connectivity index (χ0n) is 13.3. The van der Waals surface area contributed by atoms with Gasteiger partial charge in [-0.1, -0.05) is 27.7 Å². The summed E-state index contributed by atoms with van der Waals surface area (Å²) in [6.07, 6.45) is 1.92. The van der Waals surface area contributed by atoms with Gasteiger partial charge >= 0.3 is 5.97 Å². The number of hydrogen-bond donors (Lipinski definition) is 2. The van der Waals surface area contributed by atoms with Gasteiger partial charge in [-0.25, -0.2) is 9.78 Å². The fourth-order valence-corrected chi connectivity index (χ4v) is 2.78. The first kappa shape index (κ1) is 17.6. The Morgan fingerprint density at radius 2 is 2.00 bits per heavy atom. The van der Waals surface area contributed by atoms with E-state index in [9.17, 15) is 14.7 Å². The van der Waals surface area contributed by atoms with Gasteiger partial charge in [-0.3, -0.25) is 4.79 Å². The van der Waals surface area contributed by atoms with E-state index in [0.29, 0.717) is 17.0 Å². The van der Waals surface area contributed by atoms with Crippen LogP contribution in [0.4, 0.5) is 0 Å². The van der Waals surface area contributed by atoms with Gasteiger partial charge in [0.25, 0.3) is 5.91 Å². The summed E-state index contributed by atoms with van der Waals surface area (Å²) in [5, 5.41) is 12.8. The predicted molar refractivity (Wildman–Crippen MR) is 83.8 cm³/mol. The van der Waals surface area contributed by atoms with E-state index in [-0.39, 0.29) is 11.3 Å². The third kappa shape index (κ3) is 5.46. The Morgan fingerprint density at radius 1 is 1.38 bits per heavy atom. The number of aryl methyl sites for hydroxylation is 2. The number of carboxylic acids is 1. The molecule has 1 aromatic rings. The number of aliphatic carboxylic acids is 1. The van der Waals surface area contributed by atoms with Crippen LogP contribution in [0.25, 0.3) is 0 Å². The summed E-state index contributed by atoms with van der Waals surface area (Å²) in [4.78, 5) is 28.3. The molecule has 0 spiro atoms.